The maximum absolute atomic E-state index is 14.0. The molecule has 2 aromatic heterocycles. The number of hydrogen-bond donors (Lipinski definition) is 1. The SMILES string of the molecule is COc1ccc(-c2noc(-c3cccn3CC(=O)Nc3cccc(SC)c3)n2)cc1F. The minimum Gasteiger partial charge on any atom is -0.494 e. The number of nitrogens with zero attached hydrogens (tertiary/aromatic N) is 3. The lowest BCUT2D eigenvalue weighted by molar-refractivity contribution is -0.116. The second kappa shape index (κ2) is 9.05. The maximum atomic E-state index is 14.0. The van der Waals surface area contributed by atoms with Gasteiger partial charge < -0.3 is 19.1 Å². The number of carbonyl (C=O) groups excluding carboxylic acids is 1. The molecule has 0 fully saturated rings. The number of carbonyl (C=O) groups is 1. The predicted octanol–water partition coefficient (Wildman–Crippen LogP) is 4.71. The quantitative estimate of drug-likeness (QED) is 0.421. The number of rotatable bonds is 7. The molecule has 4 aromatic rings. The first kappa shape index (κ1) is 20.7. The van der Waals surface area contributed by atoms with Crippen molar-refractivity contribution in [3.05, 3.63) is 66.6 Å². The van der Waals surface area contributed by atoms with Crippen LogP contribution < -0.4 is 10.1 Å². The van der Waals surface area contributed by atoms with E-state index >= 15 is 0 Å². The van der Waals surface area contributed by atoms with Gasteiger partial charge in [0.05, 0.1) is 7.11 Å². The zero-order chi connectivity index (χ0) is 21.8. The summed E-state index contributed by atoms with van der Waals surface area (Å²) in [6, 6.07) is 15.6. The van der Waals surface area contributed by atoms with E-state index in [-0.39, 0.29) is 29.9 Å². The van der Waals surface area contributed by atoms with Crippen LogP contribution in [0.5, 0.6) is 5.75 Å². The van der Waals surface area contributed by atoms with Crippen LogP contribution in [0.1, 0.15) is 0 Å². The van der Waals surface area contributed by atoms with E-state index in [9.17, 15) is 9.18 Å². The van der Waals surface area contributed by atoms with Crippen molar-refractivity contribution in [1.82, 2.24) is 14.7 Å². The molecule has 0 atom stereocenters. The van der Waals surface area contributed by atoms with Crippen molar-refractivity contribution in [2.45, 2.75) is 11.4 Å². The third kappa shape index (κ3) is 4.61. The number of anilines is 1. The van der Waals surface area contributed by atoms with E-state index in [0.29, 0.717) is 11.3 Å². The molecule has 31 heavy (non-hydrogen) atoms. The van der Waals surface area contributed by atoms with Crippen LogP contribution in [-0.2, 0) is 11.3 Å². The molecule has 4 rings (SSSR count). The minimum atomic E-state index is -0.517. The maximum Gasteiger partial charge on any atom is 0.274 e. The lowest BCUT2D eigenvalue weighted by Crippen LogP contribution is -2.18. The molecular weight excluding hydrogens is 419 g/mol. The molecule has 0 saturated carbocycles. The van der Waals surface area contributed by atoms with Crippen molar-refractivity contribution in [2.24, 2.45) is 0 Å². The van der Waals surface area contributed by atoms with Crippen molar-refractivity contribution in [3.63, 3.8) is 0 Å². The van der Waals surface area contributed by atoms with Crippen LogP contribution in [0.3, 0.4) is 0 Å². The highest BCUT2D eigenvalue weighted by atomic mass is 32.2. The number of methoxy groups -OCH3 is 1. The third-order valence-corrected chi connectivity index (χ3v) is 5.28. The van der Waals surface area contributed by atoms with Crippen LogP contribution >= 0.6 is 11.8 Å². The predicted molar refractivity (Wildman–Crippen MR) is 117 cm³/mol. The highest BCUT2D eigenvalue weighted by Crippen LogP contribution is 2.26. The van der Waals surface area contributed by atoms with E-state index in [1.807, 2.05) is 30.5 Å². The summed E-state index contributed by atoms with van der Waals surface area (Å²) in [5, 5.41) is 6.82. The molecule has 0 saturated heterocycles. The summed E-state index contributed by atoms with van der Waals surface area (Å²) in [5.74, 6) is -0.101. The summed E-state index contributed by atoms with van der Waals surface area (Å²) in [7, 11) is 1.40. The fourth-order valence-electron chi connectivity index (χ4n) is 3.05. The van der Waals surface area contributed by atoms with Gasteiger partial charge in [0.25, 0.3) is 5.89 Å². The van der Waals surface area contributed by atoms with Gasteiger partial charge in [-0.3, -0.25) is 4.79 Å². The van der Waals surface area contributed by atoms with Crippen LogP contribution in [0.4, 0.5) is 10.1 Å². The van der Waals surface area contributed by atoms with Crippen LogP contribution in [0.15, 0.2) is 70.2 Å². The molecular formula is C22H19FN4O3S. The molecule has 0 aliphatic carbocycles. The van der Waals surface area contributed by atoms with Gasteiger partial charge in [-0.15, -0.1) is 11.8 Å². The Morgan fingerprint density at radius 2 is 2.10 bits per heavy atom. The fraction of sp³-hybridized carbons (Fsp3) is 0.136. The standard InChI is InChI=1S/C22H19FN4O3S/c1-29-19-9-8-14(11-17(19)23)21-25-22(30-26-21)18-7-4-10-27(18)13-20(28)24-15-5-3-6-16(12-15)31-2/h3-12H,13H2,1-2H3,(H,24,28). The summed E-state index contributed by atoms with van der Waals surface area (Å²) in [6.45, 7) is 0.0701. The van der Waals surface area contributed by atoms with Gasteiger partial charge in [-0.25, -0.2) is 4.39 Å². The average molecular weight is 438 g/mol. The Bertz CT molecular complexity index is 1220. The average Bonchev–Trinajstić information content (AvgIpc) is 3.43. The molecule has 9 heteroatoms. The first-order valence-corrected chi connectivity index (χ1v) is 10.6. The van der Waals surface area contributed by atoms with Crippen molar-refractivity contribution < 1.29 is 18.4 Å². The van der Waals surface area contributed by atoms with Crippen LogP contribution in [0.25, 0.3) is 23.0 Å². The van der Waals surface area contributed by atoms with E-state index in [2.05, 4.69) is 15.5 Å². The largest absolute Gasteiger partial charge is 0.494 e. The number of benzene rings is 2. The topological polar surface area (TPSA) is 82.2 Å². The molecule has 7 nitrogen and oxygen atoms in total. The Hall–Kier alpha value is -3.59. The van der Waals surface area contributed by atoms with E-state index in [0.717, 1.165) is 10.6 Å². The van der Waals surface area contributed by atoms with Crippen LogP contribution in [0.2, 0.25) is 0 Å². The molecule has 2 aromatic carbocycles. The lowest BCUT2D eigenvalue weighted by atomic mass is 10.2. The Kier molecular flexibility index (Phi) is 6.03. The van der Waals surface area contributed by atoms with Gasteiger partial charge in [0.1, 0.15) is 12.2 Å². The second-order valence-electron chi connectivity index (χ2n) is 6.57. The number of amides is 1. The summed E-state index contributed by atoms with van der Waals surface area (Å²) in [6.07, 6.45) is 3.73. The van der Waals surface area contributed by atoms with Gasteiger partial charge in [0, 0.05) is 22.3 Å². The zero-order valence-corrected chi connectivity index (χ0v) is 17.6. The van der Waals surface area contributed by atoms with Gasteiger partial charge in [0.2, 0.25) is 11.7 Å². The number of ether oxygens (including phenoxy) is 1. The van der Waals surface area contributed by atoms with Crippen molar-refractivity contribution in [1.29, 1.82) is 0 Å². The number of nitrogens with one attached hydrogen (secondary N) is 1. The van der Waals surface area contributed by atoms with Crippen LogP contribution in [-0.4, -0.2) is 34.0 Å². The molecule has 0 aliphatic rings. The molecule has 0 aliphatic heterocycles. The van der Waals surface area contributed by atoms with E-state index in [1.165, 1.54) is 19.2 Å². The monoisotopic (exact) mass is 438 g/mol. The van der Waals surface area contributed by atoms with E-state index in [4.69, 9.17) is 9.26 Å². The van der Waals surface area contributed by atoms with Crippen molar-refractivity contribution in [3.8, 4) is 28.7 Å². The summed E-state index contributed by atoms with van der Waals surface area (Å²) in [5.41, 5.74) is 1.77. The van der Waals surface area contributed by atoms with Crippen molar-refractivity contribution >= 4 is 23.4 Å². The van der Waals surface area contributed by atoms with Crippen LogP contribution in [0, 0.1) is 5.82 Å². The first-order valence-electron chi connectivity index (χ1n) is 9.34. The lowest BCUT2D eigenvalue weighted by Gasteiger charge is -2.09. The molecule has 0 radical (unpaired) electrons. The van der Waals surface area contributed by atoms with Crippen molar-refractivity contribution in [2.75, 3.05) is 18.7 Å². The molecule has 2 heterocycles. The van der Waals surface area contributed by atoms with Gasteiger partial charge in [-0.05, 0) is 54.8 Å². The molecule has 1 amide bonds. The first-order chi connectivity index (χ1) is 15.1. The van der Waals surface area contributed by atoms with E-state index < -0.39 is 5.82 Å². The summed E-state index contributed by atoms with van der Waals surface area (Å²) < 4.78 is 26.0. The highest BCUT2D eigenvalue weighted by molar-refractivity contribution is 7.98. The Labute approximate surface area is 182 Å². The van der Waals surface area contributed by atoms with E-state index in [1.54, 1.807) is 40.7 Å². The zero-order valence-electron chi connectivity index (χ0n) is 16.8. The number of thioether (sulfide) groups is 1. The summed E-state index contributed by atoms with van der Waals surface area (Å²) in [4.78, 5) is 17.9. The van der Waals surface area contributed by atoms with Gasteiger partial charge >= 0.3 is 0 Å². The smallest absolute Gasteiger partial charge is 0.274 e. The van der Waals surface area contributed by atoms with Gasteiger partial charge in [-0.1, -0.05) is 11.2 Å². The Balaban J connectivity index is 1.51. The molecule has 158 valence electrons. The number of halogens is 1. The molecule has 1 N–H and O–H groups in total. The Morgan fingerprint density at radius 1 is 1.23 bits per heavy atom. The van der Waals surface area contributed by atoms with Gasteiger partial charge in [-0.2, -0.15) is 4.98 Å². The third-order valence-electron chi connectivity index (χ3n) is 4.55. The minimum absolute atomic E-state index is 0.0701. The number of hydrogen-bond acceptors (Lipinski definition) is 6. The molecule has 0 spiro atoms. The second-order valence-corrected chi connectivity index (χ2v) is 7.45. The fourth-order valence-corrected chi connectivity index (χ4v) is 3.51. The molecule has 0 unspecified atom stereocenters. The highest BCUT2D eigenvalue weighted by Gasteiger charge is 2.16. The Morgan fingerprint density at radius 3 is 2.87 bits per heavy atom. The number of aromatic nitrogens is 3. The summed E-state index contributed by atoms with van der Waals surface area (Å²) >= 11 is 1.60. The molecule has 0 bridgehead atoms. The normalized spacial score (nSPS) is 10.8. The van der Waals surface area contributed by atoms with Gasteiger partial charge in [0.15, 0.2) is 11.6 Å².